The highest BCUT2D eigenvalue weighted by Gasteiger charge is 2.28. The van der Waals surface area contributed by atoms with E-state index in [1.54, 1.807) is 0 Å². The summed E-state index contributed by atoms with van der Waals surface area (Å²) in [5.74, 6) is 3.08. The van der Waals surface area contributed by atoms with Gasteiger partial charge < -0.3 is 43.3 Å². The maximum Gasteiger partial charge on any atom is 0.125 e. The van der Waals surface area contributed by atoms with E-state index in [4.69, 9.17) is 23.7 Å². The van der Waals surface area contributed by atoms with E-state index in [9.17, 15) is 0 Å². The lowest BCUT2D eigenvalue weighted by molar-refractivity contribution is 0.118. The summed E-state index contributed by atoms with van der Waals surface area (Å²) < 4.78 is 33.1. The van der Waals surface area contributed by atoms with Crippen LogP contribution in [0.2, 0.25) is 0 Å². The van der Waals surface area contributed by atoms with Crippen LogP contribution in [0.3, 0.4) is 0 Å². The molecule has 4 rings (SSSR count). The van der Waals surface area contributed by atoms with Crippen molar-refractivity contribution in [1.29, 1.82) is 0 Å². The molecule has 61 heavy (non-hydrogen) atoms. The number of hydrogen-bond acceptors (Lipinski definition) is 9. The Labute approximate surface area is 369 Å². The third-order valence-corrected chi connectivity index (χ3v) is 11.8. The van der Waals surface area contributed by atoms with Crippen LogP contribution in [0.4, 0.5) is 22.7 Å². The molecule has 336 valence electrons. The second kappa shape index (κ2) is 25.2. The number of hydrogen-bond donors (Lipinski definition) is 0. The van der Waals surface area contributed by atoms with Crippen molar-refractivity contribution >= 4 is 22.7 Å². The second-order valence-electron chi connectivity index (χ2n) is 15.0. The standard InChI is InChI=1S/C52H78N4O5/c1-13-53(14-2)39-25-29-43(49(33-39)58-21-9)47(44-30-26-40(54(15-3)16-4)34-50(44)59-22-10)37-57-38-48(45-31-27-41(55(17-5)18-6)35-51(45)60-23-11)46-32-28-42(56(19-7)20-8)36-52(46)61-24-12/h25-36,47-48H,13-24,37-38H2,1-12H3. The Morgan fingerprint density at radius 3 is 0.721 bits per heavy atom. The van der Waals surface area contributed by atoms with Crippen LogP contribution >= 0.6 is 0 Å². The molecule has 0 heterocycles. The number of rotatable bonds is 28. The Bertz CT molecular complexity index is 1620. The first kappa shape index (κ1) is 48.9. The summed E-state index contributed by atoms with van der Waals surface area (Å²) >= 11 is 0. The fourth-order valence-corrected chi connectivity index (χ4v) is 8.51. The van der Waals surface area contributed by atoms with Crippen molar-refractivity contribution < 1.29 is 23.7 Å². The van der Waals surface area contributed by atoms with Gasteiger partial charge in [-0.05, 0) is 107 Å². The Balaban J connectivity index is 1.92. The minimum atomic E-state index is -0.187. The molecule has 0 aliphatic rings. The Kier molecular flexibility index (Phi) is 20.2. The highest BCUT2D eigenvalue weighted by atomic mass is 16.5. The van der Waals surface area contributed by atoms with Gasteiger partial charge >= 0.3 is 0 Å². The molecule has 0 radical (unpaired) electrons. The van der Waals surface area contributed by atoms with Gasteiger partial charge in [0.05, 0.1) is 39.6 Å². The predicted molar refractivity (Wildman–Crippen MR) is 259 cm³/mol. The fourth-order valence-electron chi connectivity index (χ4n) is 8.51. The summed E-state index contributed by atoms with van der Waals surface area (Å²) in [6, 6.07) is 26.6. The first-order valence-electron chi connectivity index (χ1n) is 23.4. The van der Waals surface area contributed by atoms with Crippen LogP contribution in [-0.2, 0) is 4.74 Å². The van der Waals surface area contributed by atoms with Crippen molar-refractivity contribution in [3.8, 4) is 23.0 Å². The zero-order valence-electron chi connectivity index (χ0n) is 39.8. The monoisotopic (exact) mass is 839 g/mol. The van der Waals surface area contributed by atoms with E-state index in [0.29, 0.717) is 39.6 Å². The predicted octanol–water partition coefficient (Wildman–Crippen LogP) is 11.6. The molecule has 0 fully saturated rings. The summed E-state index contributed by atoms with van der Waals surface area (Å²) in [5, 5.41) is 0. The third-order valence-electron chi connectivity index (χ3n) is 11.8. The molecule has 0 aliphatic carbocycles. The molecule has 4 aromatic rings. The van der Waals surface area contributed by atoms with Crippen molar-refractivity contribution in [2.45, 2.75) is 94.9 Å². The zero-order chi connectivity index (χ0) is 44.3. The largest absolute Gasteiger partial charge is 0.493 e. The van der Waals surface area contributed by atoms with Crippen molar-refractivity contribution in [2.75, 3.05) is 112 Å². The SMILES string of the molecule is CCOc1cc(N(CC)CC)ccc1C(COCC(c1ccc(N(CC)CC)cc1OCC)c1ccc(N(CC)CC)cc1OCC)c1ccc(N(CC)CC)cc1OCC. The van der Waals surface area contributed by atoms with Gasteiger partial charge in [0.25, 0.3) is 0 Å². The van der Waals surface area contributed by atoms with Crippen LogP contribution in [0.25, 0.3) is 0 Å². The van der Waals surface area contributed by atoms with E-state index < -0.39 is 0 Å². The molecule has 0 aromatic heterocycles. The van der Waals surface area contributed by atoms with Gasteiger partial charge in [-0.15, -0.1) is 0 Å². The van der Waals surface area contributed by atoms with Gasteiger partial charge in [0.1, 0.15) is 23.0 Å². The lowest BCUT2D eigenvalue weighted by atomic mass is 9.88. The van der Waals surface area contributed by atoms with E-state index >= 15 is 0 Å². The maximum absolute atomic E-state index is 7.12. The van der Waals surface area contributed by atoms with Crippen molar-refractivity contribution in [1.82, 2.24) is 0 Å². The molecular formula is C52H78N4O5. The van der Waals surface area contributed by atoms with E-state index in [0.717, 1.165) is 120 Å². The van der Waals surface area contributed by atoms with Gasteiger partial charge in [0.15, 0.2) is 0 Å². The summed E-state index contributed by atoms with van der Waals surface area (Å²) in [4.78, 5) is 9.43. The molecule has 0 bridgehead atoms. The smallest absolute Gasteiger partial charge is 0.125 e. The molecule has 9 nitrogen and oxygen atoms in total. The molecule has 0 aliphatic heterocycles. The highest BCUT2D eigenvalue weighted by molar-refractivity contribution is 5.62. The van der Waals surface area contributed by atoms with Gasteiger partial charge in [-0.25, -0.2) is 0 Å². The van der Waals surface area contributed by atoms with Crippen molar-refractivity contribution in [2.24, 2.45) is 0 Å². The zero-order valence-corrected chi connectivity index (χ0v) is 39.8. The molecule has 0 N–H and O–H groups in total. The van der Waals surface area contributed by atoms with Crippen molar-refractivity contribution in [3.05, 3.63) is 95.1 Å². The van der Waals surface area contributed by atoms with Gasteiger partial charge in [-0.2, -0.15) is 0 Å². The minimum Gasteiger partial charge on any atom is -0.493 e. The Hall–Kier alpha value is -4.76. The summed E-state index contributed by atoms with van der Waals surface area (Å²) in [5.41, 5.74) is 8.87. The van der Waals surface area contributed by atoms with Gasteiger partial charge in [-0.3, -0.25) is 0 Å². The third kappa shape index (κ3) is 12.2. The molecule has 0 unspecified atom stereocenters. The molecule has 0 atom stereocenters. The van der Waals surface area contributed by atoms with Crippen LogP contribution in [0.5, 0.6) is 23.0 Å². The Morgan fingerprint density at radius 1 is 0.328 bits per heavy atom. The van der Waals surface area contributed by atoms with Crippen LogP contribution < -0.4 is 38.5 Å². The average Bonchev–Trinajstić information content (AvgIpc) is 3.27. The van der Waals surface area contributed by atoms with E-state index in [-0.39, 0.29) is 11.8 Å². The minimum absolute atomic E-state index is 0.187. The lowest BCUT2D eigenvalue weighted by Gasteiger charge is -2.29. The summed E-state index contributed by atoms with van der Waals surface area (Å²) in [6.45, 7) is 36.1. The second-order valence-corrected chi connectivity index (χ2v) is 15.0. The van der Waals surface area contributed by atoms with E-state index in [2.05, 4.69) is 175 Å². The van der Waals surface area contributed by atoms with Crippen LogP contribution in [0.1, 0.15) is 117 Å². The molecule has 0 amide bonds. The Morgan fingerprint density at radius 2 is 0.541 bits per heavy atom. The maximum atomic E-state index is 7.12. The lowest BCUT2D eigenvalue weighted by Crippen LogP contribution is -2.23. The van der Waals surface area contributed by atoms with E-state index in [1.165, 1.54) is 0 Å². The molecule has 0 saturated heterocycles. The van der Waals surface area contributed by atoms with Gasteiger partial charge in [0.2, 0.25) is 0 Å². The average molecular weight is 839 g/mol. The first-order valence-corrected chi connectivity index (χ1v) is 23.4. The van der Waals surface area contributed by atoms with Gasteiger partial charge in [-0.1, -0.05) is 24.3 Å². The van der Waals surface area contributed by atoms with Crippen molar-refractivity contribution in [3.63, 3.8) is 0 Å². The number of benzene rings is 4. The summed E-state index contributed by atoms with van der Waals surface area (Å²) in [6.07, 6.45) is 0. The molecular weight excluding hydrogens is 761 g/mol. The molecule has 0 spiro atoms. The number of ether oxygens (including phenoxy) is 5. The van der Waals surface area contributed by atoms with Crippen LogP contribution in [0, 0.1) is 0 Å². The molecule has 0 saturated carbocycles. The molecule has 4 aromatic carbocycles. The fraction of sp³-hybridized carbons (Fsp3) is 0.538. The quantitative estimate of drug-likeness (QED) is 0.0556. The van der Waals surface area contributed by atoms with Gasteiger partial charge in [0, 0.05) is 133 Å². The van der Waals surface area contributed by atoms with E-state index in [1.807, 2.05) is 0 Å². The van der Waals surface area contributed by atoms with Crippen LogP contribution in [0.15, 0.2) is 72.8 Å². The normalized spacial score (nSPS) is 11.2. The highest BCUT2D eigenvalue weighted by Crippen LogP contribution is 2.43. The summed E-state index contributed by atoms with van der Waals surface area (Å²) in [7, 11) is 0. The topological polar surface area (TPSA) is 59.1 Å². The molecule has 9 heteroatoms. The first-order chi connectivity index (χ1) is 29.7. The van der Waals surface area contributed by atoms with Crippen LogP contribution in [-0.4, -0.2) is 92.0 Å². The number of anilines is 4. The number of nitrogens with zero attached hydrogens (tertiary/aromatic N) is 4.